The van der Waals surface area contributed by atoms with E-state index in [1.54, 1.807) is 49.6 Å². The van der Waals surface area contributed by atoms with Gasteiger partial charge in [0.05, 0.1) is 19.7 Å². The SMILES string of the molecule is COC(=O)Cn1nc(C(=O)c2ccccc2)c2ccc(OC)cc21. The Morgan fingerprint density at radius 3 is 2.50 bits per heavy atom. The molecule has 0 saturated carbocycles. The number of ketones is 1. The summed E-state index contributed by atoms with van der Waals surface area (Å²) < 4.78 is 11.4. The lowest BCUT2D eigenvalue weighted by molar-refractivity contribution is -0.141. The van der Waals surface area contributed by atoms with Crippen molar-refractivity contribution in [1.82, 2.24) is 9.78 Å². The summed E-state index contributed by atoms with van der Waals surface area (Å²) >= 11 is 0. The van der Waals surface area contributed by atoms with Crippen molar-refractivity contribution >= 4 is 22.7 Å². The smallest absolute Gasteiger partial charge is 0.327 e. The van der Waals surface area contributed by atoms with Crippen molar-refractivity contribution < 1.29 is 19.1 Å². The fraction of sp³-hybridized carbons (Fsp3) is 0.167. The van der Waals surface area contributed by atoms with Crippen molar-refractivity contribution in [3.05, 3.63) is 59.8 Å². The number of carbonyl (C=O) groups is 2. The molecule has 6 nitrogen and oxygen atoms in total. The first-order valence-corrected chi connectivity index (χ1v) is 7.35. The largest absolute Gasteiger partial charge is 0.497 e. The third-order valence-electron chi connectivity index (χ3n) is 3.72. The summed E-state index contributed by atoms with van der Waals surface area (Å²) in [6.45, 7) is -0.0811. The molecule has 1 heterocycles. The van der Waals surface area contributed by atoms with Crippen molar-refractivity contribution in [2.45, 2.75) is 6.54 Å². The van der Waals surface area contributed by atoms with E-state index in [4.69, 9.17) is 9.47 Å². The maximum absolute atomic E-state index is 12.8. The van der Waals surface area contributed by atoms with E-state index in [1.807, 2.05) is 6.07 Å². The van der Waals surface area contributed by atoms with E-state index in [0.717, 1.165) is 0 Å². The normalized spacial score (nSPS) is 10.6. The lowest BCUT2D eigenvalue weighted by atomic mass is 10.1. The zero-order chi connectivity index (χ0) is 17.1. The van der Waals surface area contributed by atoms with E-state index < -0.39 is 5.97 Å². The lowest BCUT2D eigenvalue weighted by Crippen LogP contribution is -2.13. The lowest BCUT2D eigenvalue weighted by Gasteiger charge is -2.03. The summed E-state index contributed by atoms with van der Waals surface area (Å²) in [6, 6.07) is 14.2. The van der Waals surface area contributed by atoms with Crippen molar-refractivity contribution in [3.63, 3.8) is 0 Å². The Morgan fingerprint density at radius 1 is 1.08 bits per heavy atom. The van der Waals surface area contributed by atoms with E-state index in [2.05, 4.69) is 5.10 Å². The molecular formula is C18H16N2O4. The fourth-order valence-electron chi connectivity index (χ4n) is 2.48. The molecule has 0 spiro atoms. The maximum Gasteiger partial charge on any atom is 0.327 e. The van der Waals surface area contributed by atoms with Crippen LogP contribution in [0.3, 0.4) is 0 Å². The van der Waals surface area contributed by atoms with Gasteiger partial charge >= 0.3 is 5.97 Å². The molecule has 122 valence electrons. The Labute approximate surface area is 138 Å². The molecule has 3 rings (SSSR count). The van der Waals surface area contributed by atoms with E-state index in [9.17, 15) is 9.59 Å². The van der Waals surface area contributed by atoms with Crippen LogP contribution in [0.25, 0.3) is 10.9 Å². The third-order valence-corrected chi connectivity index (χ3v) is 3.72. The number of benzene rings is 2. The standard InChI is InChI=1S/C18H16N2O4/c1-23-13-8-9-14-15(10-13)20(11-16(21)24-2)19-17(14)18(22)12-6-4-3-5-7-12/h3-10H,11H2,1-2H3. The molecule has 24 heavy (non-hydrogen) atoms. The molecule has 0 amide bonds. The van der Waals surface area contributed by atoms with Crippen molar-refractivity contribution in [1.29, 1.82) is 0 Å². The monoisotopic (exact) mass is 324 g/mol. The summed E-state index contributed by atoms with van der Waals surface area (Å²) in [5, 5.41) is 5.00. The van der Waals surface area contributed by atoms with Gasteiger partial charge in [-0.1, -0.05) is 30.3 Å². The summed E-state index contributed by atoms with van der Waals surface area (Å²) in [4.78, 5) is 24.4. The Hall–Kier alpha value is -3.15. The van der Waals surface area contributed by atoms with Gasteiger partial charge in [0.15, 0.2) is 0 Å². The van der Waals surface area contributed by atoms with Crippen LogP contribution in [0.1, 0.15) is 16.1 Å². The molecule has 2 aromatic carbocycles. The van der Waals surface area contributed by atoms with Gasteiger partial charge in [-0.3, -0.25) is 14.3 Å². The van der Waals surface area contributed by atoms with Crippen LogP contribution in [0.2, 0.25) is 0 Å². The Balaban J connectivity index is 2.14. The molecular weight excluding hydrogens is 308 g/mol. The van der Waals surface area contributed by atoms with Crippen molar-refractivity contribution in [3.8, 4) is 5.75 Å². The van der Waals surface area contributed by atoms with Gasteiger partial charge in [-0.05, 0) is 12.1 Å². The van der Waals surface area contributed by atoms with Crippen molar-refractivity contribution in [2.75, 3.05) is 14.2 Å². The first kappa shape index (κ1) is 15.7. The fourth-order valence-corrected chi connectivity index (χ4v) is 2.48. The predicted octanol–water partition coefficient (Wildman–Crippen LogP) is 2.45. The zero-order valence-corrected chi connectivity index (χ0v) is 13.4. The molecule has 0 aliphatic carbocycles. The van der Waals surface area contributed by atoms with E-state index >= 15 is 0 Å². The number of methoxy groups -OCH3 is 2. The van der Waals surface area contributed by atoms with Gasteiger partial charge < -0.3 is 9.47 Å². The zero-order valence-electron chi connectivity index (χ0n) is 13.4. The summed E-state index contributed by atoms with van der Waals surface area (Å²) in [6.07, 6.45) is 0. The molecule has 0 atom stereocenters. The third kappa shape index (κ3) is 2.86. The van der Waals surface area contributed by atoms with Gasteiger partial charge in [-0.25, -0.2) is 0 Å². The van der Waals surface area contributed by atoms with Gasteiger partial charge in [0.2, 0.25) is 5.78 Å². The molecule has 0 aliphatic rings. The highest BCUT2D eigenvalue weighted by Crippen LogP contribution is 2.25. The molecule has 0 bridgehead atoms. The number of aromatic nitrogens is 2. The topological polar surface area (TPSA) is 70.4 Å². The molecule has 0 unspecified atom stereocenters. The number of fused-ring (bicyclic) bond motifs is 1. The number of carbonyl (C=O) groups excluding carboxylic acids is 2. The first-order valence-electron chi connectivity index (χ1n) is 7.35. The van der Waals surface area contributed by atoms with Gasteiger partial charge in [0.1, 0.15) is 18.0 Å². The first-order chi connectivity index (χ1) is 11.6. The Bertz CT molecular complexity index is 900. The molecule has 6 heteroatoms. The minimum absolute atomic E-state index is 0.0811. The van der Waals surface area contributed by atoms with Crippen LogP contribution in [0.4, 0.5) is 0 Å². The van der Waals surface area contributed by atoms with Crippen LogP contribution in [-0.2, 0) is 16.1 Å². The molecule has 0 aliphatic heterocycles. The molecule has 0 radical (unpaired) electrons. The van der Waals surface area contributed by atoms with Crippen LogP contribution in [0, 0.1) is 0 Å². The van der Waals surface area contributed by atoms with E-state index in [1.165, 1.54) is 11.8 Å². The number of esters is 1. The number of rotatable bonds is 5. The predicted molar refractivity (Wildman–Crippen MR) is 88.2 cm³/mol. The Kier molecular flexibility index (Phi) is 4.29. The van der Waals surface area contributed by atoms with Crippen LogP contribution >= 0.6 is 0 Å². The summed E-state index contributed by atoms with van der Waals surface area (Å²) in [7, 11) is 2.86. The number of ether oxygens (including phenoxy) is 2. The average molecular weight is 324 g/mol. The molecule has 1 aromatic heterocycles. The van der Waals surface area contributed by atoms with Gasteiger partial charge in [0.25, 0.3) is 0 Å². The van der Waals surface area contributed by atoms with Crippen molar-refractivity contribution in [2.24, 2.45) is 0 Å². The second kappa shape index (κ2) is 6.54. The van der Waals surface area contributed by atoms with Crippen LogP contribution in [-0.4, -0.2) is 35.8 Å². The molecule has 0 fully saturated rings. The highest BCUT2D eigenvalue weighted by Gasteiger charge is 2.20. The number of hydrogen-bond donors (Lipinski definition) is 0. The highest BCUT2D eigenvalue weighted by molar-refractivity contribution is 6.15. The molecule has 0 saturated heterocycles. The highest BCUT2D eigenvalue weighted by atomic mass is 16.5. The quantitative estimate of drug-likeness (QED) is 0.532. The minimum Gasteiger partial charge on any atom is -0.497 e. The van der Waals surface area contributed by atoms with Gasteiger partial charge in [-0.15, -0.1) is 0 Å². The summed E-state index contributed by atoms with van der Waals surface area (Å²) in [5.74, 6) is -0.0254. The number of hydrogen-bond acceptors (Lipinski definition) is 5. The maximum atomic E-state index is 12.8. The van der Waals surface area contributed by atoms with Crippen LogP contribution in [0.15, 0.2) is 48.5 Å². The minimum atomic E-state index is -0.444. The summed E-state index contributed by atoms with van der Waals surface area (Å²) in [5.41, 5.74) is 1.47. The van der Waals surface area contributed by atoms with Crippen LogP contribution in [0.5, 0.6) is 5.75 Å². The second-order valence-electron chi connectivity index (χ2n) is 5.16. The second-order valence-corrected chi connectivity index (χ2v) is 5.16. The van der Waals surface area contributed by atoms with Crippen LogP contribution < -0.4 is 4.74 Å². The van der Waals surface area contributed by atoms with E-state index in [-0.39, 0.29) is 12.3 Å². The molecule has 3 aromatic rings. The average Bonchev–Trinajstić information content (AvgIpc) is 2.99. The van der Waals surface area contributed by atoms with Gasteiger partial charge in [0, 0.05) is 17.0 Å². The van der Waals surface area contributed by atoms with Gasteiger partial charge in [-0.2, -0.15) is 5.10 Å². The molecule has 0 N–H and O–H groups in total. The Morgan fingerprint density at radius 2 is 1.83 bits per heavy atom. The number of nitrogens with zero attached hydrogens (tertiary/aromatic N) is 2. The van der Waals surface area contributed by atoms with E-state index in [0.29, 0.717) is 27.9 Å².